The molecule has 8 aliphatic rings. The number of carbonyl (C=O) groups excluding carboxylic acids is 2. The van der Waals surface area contributed by atoms with E-state index >= 15 is 0 Å². The highest BCUT2D eigenvalue weighted by atomic mass is 16.2. The zero-order chi connectivity index (χ0) is 29.3. The van der Waals surface area contributed by atoms with Crippen LogP contribution >= 0.6 is 0 Å². The first kappa shape index (κ1) is 29.5. The van der Waals surface area contributed by atoms with Gasteiger partial charge in [-0.25, -0.2) is 9.59 Å². The first-order valence-electron chi connectivity index (χ1n) is 16.6. The SMILES string of the molecule is CN(CCCN=C(N)NC(=O)NC12CC3CC(CC(C3)C1)C2)CCCN=C(N)NC(=O)NC12CC3CC(CC(C3)C1)C2. The molecule has 0 saturated heterocycles. The van der Waals surface area contributed by atoms with Crippen molar-refractivity contribution in [1.29, 1.82) is 0 Å². The summed E-state index contributed by atoms with van der Waals surface area (Å²) in [4.78, 5) is 36.2. The molecule has 0 aromatic heterocycles. The lowest BCUT2D eigenvalue weighted by Gasteiger charge is -2.56. The Bertz CT molecular complexity index is 920. The number of hydrogen-bond acceptors (Lipinski definition) is 5. The van der Waals surface area contributed by atoms with E-state index in [1.165, 1.54) is 38.5 Å². The van der Waals surface area contributed by atoms with Crippen LogP contribution in [0.5, 0.6) is 0 Å². The first-order valence-corrected chi connectivity index (χ1v) is 16.6. The van der Waals surface area contributed by atoms with E-state index in [0.717, 1.165) is 100.0 Å². The van der Waals surface area contributed by atoms with Crippen LogP contribution in [0.25, 0.3) is 0 Å². The van der Waals surface area contributed by atoms with Gasteiger partial charge in [0.15, 0.2) is 11.9 Å². The lowest BCUT2D eigenvalue weighted by molar-refractivity contribution is -0.0135. The minimum Gasteiger partial charge on any atom is -0.370 e. The number of guanidine groups is 2. The zero-order valence-electron chi connectivity index (χ0n) is 25.5. The molecule has 11 heteroatoms. The highest BCUT2D eigenvalue weighted by molar-refractivity contribution is 5.96. The quantitative estimate of drug-likeness (QED) is 0.132. The van der Waals surface area contributed by atoms with Crippen LogP contribution in [0.4, 0.5) is 9.59 Å². The summed E-state index contributed by atoms with van der Waals surface area (Å²) in [6, 6.07) is -0.426. The minimum absolute atomic E-state index is 0.0346. The first-order chi connectivity index (χ1) is 20.1. The number of nitrogens with zero attached hydrogens (tertiary/aromatic N) is 3. The Morgan fingerprint density at radius 2 is 0.952 bits per heavy atom. The van der Waals surface area contributed by atoms with Gasteiger partial charge in [0, 0.05) is 24.2 Å². The van der Waals surface area contributed by atoms with Gasteiger partial charge in [-0.2, -0.15) is 0 Å². The van der Waals surface area contributed by atoms with Crippen molar-refractivity contribution in [3.05, 3.63) is 0 Å². The van der Waals surface area contributed by atoms with Gasteiger partial charge in [0.2, 0.25) is 0 Å². The summed E-state index contributed by atoms with van der Waals surface area (Å²) < 4.78 is 0. The second-order valence-electron chi connectivity index (χ2n) is 15.1. The molecule has 42 heavy (non-hydrogen) atoms. The van der Waals surface area contributed by atoms with E-state index < -0.39 is 0 Å². The van der Waals surface area contributed by atoms with Gasteiger partial charge in [0.1, 0.15) is 0 Å². The van der Waals surface area contributed by atoms with E-state index in [1.807, 2.05) is 0 Å². The molecule has 11 nitrogen and oxygen atoms in total. The molecule has 8 bridgehead atoms. The predicted octanol–water partition coefficient (Wildman–Crippen LogP) is 2.86. The summed E-state index contributed by atoms with van der Waals surface area (Å²) in [5, 5.41) is 12.0. The van der Waals surface area contributed by atoms with Gasteiger partial charge in [-0.1, -0.05) is 0 Å². The summed E-state index contributed by atoms with van der Waals surface area (Å²) in [7, 11) is 2.06. The van der Waals surface area contributed by atoms with Crippen LogP contribution in [-0.2, 0) is 0 Å². The molecule has 4 amide bonds. The van der Waals surface area contributed by atoms with E-state index in [4.69, 9.17) is 11.5 Å². The second-order valence-corrected chi connectivity index (χ2v) is 15.1. The molecule has 8 saturated carbocycles. The fraction of sp³-hybridized carbons (Fsp3) is 0.871. The molecule has 8 aliphatic carbocycles. The number of aliphatic imine (C=N–C) groups is 2. The average Bonchev–Trinajstić information content (AvgIpc) is 2.86. The van der Waals surface area contributed by atoms with Gasteiger partial charge in [-0.15, -0.1) is 0 Å². The van der Waals surface area contributed by atoms with Crippen molar-refractivity contribution in [3.63, 3.8) is 0 Å². The molecule has 0 spiro atoms. The van der Waals surface area contributed by atoms with E-state index in [2.05, 4.69) is 43.2 Å². The van der Waals surface area contributed by atoms with Crippen LogP contribution in [0.3, 0.4) is 0 Å². The maximum atomic E-state index is 12.6. The Morgan fingerprint density at radius 3 is 1.26 bits per heavy atom. The molecular formula is C31H53N9O2. The van der Waals surface area contributed by atoms with Crippen LogP contribution in [0.2, 0.25) is 0 Å². The molecule has 0 heterocycles. The van der Waals surface area contributed by atoms with Crippen molar-refractivity contribution in [3.8, 4) is 0 Å². The number of amides is 4. The molecule has 0 aromatic rings. The summed E-state index contributed by atoms with van der Waals surface area (Å²) in [6.07, 6.45) is 16.4. The number of urea groups is 2. The van der Waals surface area contributed by atoms with Crippen molar-refractivity contribution in [1.82, 2.24) is 26.2 Å². The van der Waals surface area contributed by atoms with E-state index in [-0.39, 0.29) is 35.1 Å². The van der Waals surface area contributed by atoms with Crippen molar-refractivity contribution in [2.24, 2.45) is 57.0 Å². The summed E-state index contributed by atoms with van der Waals surface area (Å²) in [5.41, 5.74) is 11.9. The van der Waals surface area contributed by atoms with Crippen LogP contribution < -0.4 is 32.7 Å². The summed E-state index contributed by atoms with van der Waals surface area (Å²) >= 11 is 0. The molecule has 234 valence electrons. The molecule has 8 fully saturated rings. The van der Waals surface area contributed by atoms with Crippen LogP contribution in [0.15, 0.2) is 9.98 Å². The number of hydrogen-bond donors (Lipinski definition) is 6. The maximum Gasteiger partial charge on any atom is 0.321 e. The largest absolute Gasteiger partial charge is 0.370 e. The summed E-state index contributed by atoms with van der Waals surface area (Å²) in [6.45, 7) is 2.84. The van der Waals surface area contributed by atoms with Crippen molar-refractivity contribution in [2.45, 2.75) is 101 Å². The Morgan fingerprint density at radius 1 is 0.643 bits per heavy atom. The van der Waals surface area contributed by atoms with Gasteiger partial charge in [-0.3, -0.25) is 20.6 Å². The van der Waals surface area contributed by atoms with E-state index in [1.54, 1.807) is 0 Å². The normalized spacial score (nSPS) is 38.1. The molecule has 0 unspecified atom stereocenters. The average molecular weight is 584 g/mol. The smallest absolute Gasteiger partial charge is 0.321 e. The zero-order valence-corrected chi connectivity index (χ0v) is 25.5. The van der Waals surface area contributed by atoms with Crippen LogP contribution in [0.1, 0.15) is 89.9 Å². The number of nitrogens with one attached hydrogen (secondary N) is 4. The lowest BCUT2D eigenvalue weighted by Crippen LogP contribution is -2.62. The van der Waals surface area contributed by atoms with Gasteiger partial charge in [0.05, 0.1) is 0 Å². The van der Waals surface area contributed by atoms with Gasteiger partial charge in [-0.05, 0) is 146 Å². The van der Waals surface area contributed by atoms with Gasteiger partial charge < -0.3 is 27.0 Å². The second kappa shape index (κ2) is 12.2. The highest BCUT2D eigenvalue weighted by Crippen LogP contribution is 2.56. The third kappa shape index (κ3) is 7.14. The van der Waals surface area contributed by atoms with E-state index in [0.29, 0.717) is 13.1 Å². The molecule has 8 N–H and O–H groups in total. The van der Waals surface area contributed by atoms with Crippen molar-refractivity contribution in [2.75, 3.05) is 33.2 Å². The molecule has 0 aliphatic heterocycles. The fourth-order valence-electron chi connectivity index (χ4n) is 10.6. The fourth-order valence-corrected chi connectivity index (χ4v) is 10.6. The van der Waals surface area contributed by atoms with Crippen molar-refractivity contribution >= 4 is 24.0 Å². The monoisotopic (exact) mass is 583 g/mol. The predicted molar refractivity (Wildman–Crippen MR) is 165 cm³/mol. The highest BCUT2D eigenvalue weighted by Gasteiger charge is 2.52. The minimum atomic E-state index is -0.213. The molecule has 0 radical (unpaired) electrons. The molecular weight excluding hydrogens is 530 g/mol. The summed E-state index contributed by atoms with van der Waals surface area (Å²) in [5.74, 6) is 5.05. The Balaban J connectivity index is 0.820. The van der Waals surface area contributed by atoms with Gasteiger partial charge in [0.25, 0.3) is 0 Å². The number of nitrogens with two attached hydrogens (primary N) is 2. The van der Waals surface area contributed by atoms with Gasteiger partial charge >= 0.3 is 12.1 Å². The molecule has 0 aromatic carbocycles. The standard InChI is InChI=1S/C31H53N9O2/c1-40(6-2-4-34-26(32)36-28(41)38-30-14-20-8-21(15-30)10-22(9-20)16-30)7-3-5-35-27(33)37-29(42)39-31-17-23-11-24(18-31)13-25(12-23)19-31/h20-25H,2-19H2,1H3,(H4,32,34,36,38,41)(H4,33,35,37,39,42). The number of rotatable bonds is 10. The topological polar surface area (TPSA) is 162 Å². The van der Waals surface area contributed by atoms with Crippen molar-refractivity contribution < 1.29 is 9.59 Å². The van der Waals surface area contributed by atoms with Crippen LogP contribution in [-0.4, -0.2) is 73.2 Å². The lowest BCUT2D eigenvalue weighted by atomic mass is 9.53. The Hall–Kier alpha value is -2.56. The number of carbonyl (C=O) groups is 2. The molecule has 8 rings (SSSR count). The maximum absolute atomic E-state index is 12.6. The van der Waals surface area contributed by atoms with E-state index in [9.17, 15) is 9.59 Å². The third-order valence-corrected chi connectivity index (χ3v) is 11.3. The molecule has 0 atom stereocenters. The Kier molecular flexibility index (Phi) is 8.58. The third-order valence-electron chi connectivity index (χ3n) is 11.3. The van der Waals surface area contributed by atoms with Crippen LogP contribution in [0, 0.1) is 35.5 Å². The Labute approximate surface area is 250 Å².